The van der Waals surface area contributed by atoms with E-state index in [4.69, 9.17) is 4.55 Å². The van der Waals surface area contributed by atoms with E-state index in [1.165, 1.54) is 12.1 Å². The molecule has 0 spiro atoms. The van der Waals surface area contributed by atoms with Gasteiger partial charge in [0.2, 0.25) is 0 Å². The van der Waals surface area contributed by atoms with Crippen LogP contribution in [-0.2, 0) is 17.3 Å². The second-order valence-electron chi connectivity index (χ2n) is 4.60. The number of hydrogen-bond acceptors (Lipinski definition) is 3. The van der Waals surface area contributed by atoms with Crippen LogP contribution in [-0.4, -0.2) is 45.7 Å². The fourth-order valence-corrected chi connectivity index (χ4v) is 2.72. The van der Waals surface area contributed by atoms with E-state index in [1.54, 1.807) is 0 Å². The quantitative estimate of drug-likeness (QED) is 0.868. The Kier molecular flexibility index (Phi) is 4.66. The van der Waals surface area contributed by atoms with Gasteiger partial charge in [-0.05, 0) is 24.3 Å². The third-order valence-corrected chi connectivity index (χ3v) is 3.81. The first-order valence-electron chi connectivity index (χ1n) is 6.08. The number of piperazine rings is 1. The van der Waals surface area contributed by atoms with Crippen LogP contribution < -0.4 is 4.90 Å². The summed E-state index contributed by atoms with van der Waals surface area (Å²) in [7, 11) is 0. The molecule has 4 nitrogen and oxygen atoms in total. The SMILES string of the molecule is O=S(O)CN1CCN(c2ccc(C(F)(F)F)cc2)CC1. The molecule has 1 unspecified atom stereocenters. The summed E-state index contributed by atoms with van der Waals surface area (Å²) >= 11 is -1.85. The summed E-state index contributed by atoms with van der Waals surface area (Å²) in [6.07, 6.45) is -4.32. The monoisotopic (exact) mass is 308 g/mol. The number of halogens is 3. The zero-order valence-corrected chi connectivity index (χ0v) is 11.5. The molecule has 1 aliphatic rings. The van der Waals surface area contributed by atoms with Crippen molar-refractivity contribution < 1.29 is 21.9 Å². The van der Waals surface area contributed by atoms with Gasteiger partial charge in [0.25, 0.3) is 0 Å². The molecule has 20 heavy (non-hydrogen) atoms. The van der Waals surface area contributed by atoms with Crippen molar-refractivity contribution in [3.63, 3.8) is 0 Å². The van der Waals surface area contributed by atoms with Gasteiger partial charge in [-0.2, -0.15) is 13.2 Å². The van der Waals surface area contributed by atoms with E-state index >= 15 is 0 Å². The van der Waals surface area contributed by atoms with Gasteiger partial charge >= 0.3 is 6.18 Å². The molecule has 112 valence electrons. The van der Waals surface area contributed by atoms with Crippen molar-refractivity contribution in [2.24, 2.45) is 0 Å². The fraction of sp³-hybridized carbons (Fsp3) is 0.500. The maximum Gasteiger partial charge on any atom is 0.416 e. The molecule has 1 aliphatic heterocycles. The number of hydrogen-bond donors (Lipinski definition) is 1. The molecule has 8 heteroatoms. The second kappa shape index (κ2) is 6.11. The first-order valence-corrected chi connectivity index (χ1v) is 7.36. The largest absolute Gasteiger partial charge is 0.416 e. The highest BCUT2D eigenvalue weighted by atomic mass is 32.2. The topological polar surface area (TPSA) is 43.8 Å². The summed E-state index contributed by atoms with van der Waals surface area (Å²) in [5.41, 5.74) is 0.0818. The average molecular weight is 308 g/mol. The number of alkyl halides is 3. The lowest BCUT2D eigenvalue weighted by Gasteiger charge is -2.35. The molecule has 1 heterocycles. The first-order chi connectivity index (χ1) is 9.36. The van der Waals surface area contributed by atoms with E-state index in [-0.39, 0.29) is 5.88 Å². The number of rotatable bonds is 3. The Morgan fingerprint density at radius 1 is 1.10 bits per heavy atom. The van der Waals surface area contributed by atoms with Crippen LogP contribution in [0, 0.1) is 0 Å². The molecular formula is C12H15F3N2O2S. The molecule has 1 fully saturated rings. The molecule has 0 aromatic heterocycles. The smallest absolute Gasteiger partial charge is 0.369 e. The van der Waals surface area contributed by atoms with Crippen LogP contribution in [0.5, 0.6) is 0 Å². The summed E-state index contributed by atoms with van der Waals surface area (Å²) in [4.78, 5) is 3.83. The molecule has 1 aromatic carbocycles. The Morgan fingerprint density at radius 3 is 2.10 bits per heavy atom. The van der Waals surface area contributed by atoms with E-state index < -0.39 is 22.8 Å². The van der Waals surface area contributed by atoms with E-state index in [0.29, 0.717) is 26.2 Å². The highest BCUT2D eigenvalue weighted by Crippen LogP contribution is 2.30. The van der Waals surface area contributed by atoms with Crippen molar-refractivity contribution in [1.29, 1.82) is 0 Å². The molecule has 1 saturated heterocycles. The van der Waals surface area contributed by atoms with Gasteiger partial charge in [-0.1, -0.05) is 0 Å². The molecule has 1 N–H and O–H groups in total. The van der Waals surface area contributed by atoms with Crippen LogP contribution in [0.4, 0.5) is 18.9 Å². The predicted molar refractivity (Wildman–Crippen MR) is 70.9 cm³/mol. The Morgan fingerprint density at radius 2 is 1.65 bits per heavy atom. The minimum atomic E-state index is -4.32. The third-order valence-electron chi connectivity index (χ3n) is 3.23. The van der Waals surface area contributed by atoms with Crippen LogP contribution in [0.2, 0.25) is 0 Å². The third kappa shape index (κ3) is 3.94. The Balaban J connectivity index is 1.95. The Labute approximate surface area is 117 Å². The fourth-order valence-electron chi connectivity index (χ4n) is 2.15. The first kappa shape index (κ1) is 15.3. The molecular weight excluding hydrogens is 293 g/mol. The van der Waals surface area contributed by atoms with Gasteiger partial charge in [-0.3, -0.25) is 4.90 Å². The van der Waals surface area contributed by atoms with Crippen molar-refractivity contribution in [2.75, 3.05) is 37.0 Å². The highest BCUT2D eigenvalue weighted by Gasteiger charge is 2.30. The number of anilines is 1. The van der Waals surface area contributed by atoms with E-state index in [0.717, 1.165) is 17.8 Å². The Bertz CT molecular complexity index is 471. The minimum Gasteiger partial charge on any atom is -0.369 e. The van der Waals surface area contributed by atoms with Crippen molar-refractivity contribution in [3.8, 4) is 0 Å². The lowest BCUT2D eigenvalue weighted by atomic mass is 10.1. The molecule has 1 aromatic rings. The van der Waals surface area contributed by atoms with E-state index in [9.17, 15) is 17.4 Å². The van der Waals surface area contributed by atoms with E-state index in [2.05, 4.69) is 0 Å². The lowest BCUT2D eigenvalue weighted by Crippen LogP contribution is -2.47. The summed E-state index contributed by atoms with van der Waals surface area (Å²) in [5.74, 6) is 0.112. The highest BCUT2D eigenvalue weighted by molar-refractivity contribution is 7.79. The average Bonchev–Trinajstić information content (AvgIpc) is 2.38. The second-order valence-corrected chi connectivity index (χ2v) is 5.50. The van der Waals surface area contributed by atoms with Gasteiger partial charge in [-0.25, -0.2) is 4.21 Å². The van der Waals surface area contributed by atoms with Crippen molar-refractivity contribution in [3.05, 3.63) is 29.8 Å². The zero-order chi connectivity index (χ0) is 14.8. The summed E-state index contributed by atoms with van der Waals surface area (Å²) in [5, 5.41) is 0. The van der Waals surface area contributed by atoms with Crippen LogP contribution in [0.3, 0.4) is 0 Å². The van der Waals surface area contributed by atoms with Crippen molar-refractivity contribution in [1.82, 2.24) is 4.90 Å². The lowest BCUT2D eigenvalue weighted by molar-refractivity contribution is -0.137. The van der Waals surface area contributed by atoms with Gasteiger partial charge in [-0.15, -0.1) is 0 Å². The van der Waals surface area contributed by atoms with Crippen molar-refractivity contribution in [2.45, 2.75) is 6.18 Å². The minimum absolute atomic E-state index is 0.112. The molecule has 0 radical (unpaired) electrons. The van der Waals surface area contributed by atoms with Crippen LogP contribution in [0.1, 0.15) is 5.56 Å². The normalized spacial score (nSPS) is 19.1. The molecule has 0 bridgehead atoms. The summed E-state index contributed by atoms with van der Waals surface area (Å²) in [6, 6.07) is 5.07. The van der Waals surface area contributed by atoms with Gasteiger partial charge in [0.1, 0.15) is 5.88 Å². The van der Waals surface area contributed by atoms with Crippen molar-refractivity contribution >= 4 is 16.8 Å². The van der Waals surface area contributed by atoms with Crippen LogP contribution in [0.15, 0.2) is 24.3 Å². The van der Waals surface area contributed by atoms with Gasteiger partial charge in [0.15, 0.2) is 11.1 Å². The molecule has 1 atom stereocenters. The number of nitrogens with zero attached hydrogens (tertiary/aromatic N) is 2. The molecule has 0 aliphatic carbocycles. The standard InChI is InChI=1S/C12H15F3N2O2S/c13-12(14,15)10-1-3-11(4-2-10)17-7-5-16(6-8-17)9-20(18)19/h1-4H,5-9H2,(H,18,19). The predicted octanol–water partition coefficient (Wildman–Crippen LogP) is 2.01. The van der Waals surface area contributed by atoms with Gasteiger partial charge < -0.3 is 9.45 Å². The van der Waals surface area contributed by atoms with Crippen LogP contribution >= 0.6 is 0 Å². The number of benzene rings is 1. The molecule has 0 amide bonds. The van der Waals surface area contributed by atoms with Crippen LogP contribution in [0.25, 0.3) is 0 Å². The summed E-state index contributed by atoms with van der Waals surface area (Å²) < 4.78 is 56.9. The zero-order valence-electron chi connectivity index (χ0n) is 10.6. The van der Waals surface area contributed by atoms with E-state index in [1.807, 2.05) is 9.80 Å². The summed E-state index contributed by atoms with van der Waals surface area (Å²) in [6.45, 7) is 2.49. The van der Waals surface area contributed by atoms with Gasteiger partial charge in [0, 0.05) is 31.9 Å². The maximum absolute atomic E-state index is 12.5. The van der Waals surface area contributed by atoms with Gasteiger partial charge in [0.05, 0.1) is 5.56 Å². The molecule has 2 rings (SSSR count). The Hall–Kier alpha value is -1.12. The maximum atomic E-state index is 12.5. The molecule has 0 saturated carbocycles.